The van der Waals surface area contributed by atoms with Crippen molar-refractivity contribution in [3.63, 3.8) is 0 Å². The lowest BCUT2D eigenvalue weighted by Crippen LogP contribution is -2.50. The molecule has 3 amide bonds. The largest absolute Gasteiger partial charge is 0.465 e. The van der Waals surface area contributed by atoms with Crippen molar-refractivity contribution in [2.24, 2.45) is 0 Å². The monoisotopic (exact) mass is 585 g/mol. The van der Waals surface area contributed by atoms with Gasteiger partial charge in [0.2, 0.25) is 5.91 Å². The Labute approximate surface area is 244 Å². The van der Waals surface area contributed by atoms with Crippen LogP contribution in [0.2, 0.25) is 0 Å². The summed E-state index contributed by atoms with van der Waals surface area (Å²) < 4.78 is 5.46. The van der Waals surface area contributed by atoms with Crippen molar-refractivity contribution in [3.8, 4) is 0 Å². The second-order valence-electron chi connectivity index (χ2n) is 10.6. The average Bonchev–Trinajstić information content (AvgIpc) is 3.61. The van der Waals surface area contributed by atoms with E-state index in [-0.39, 0.29) is 5.91 Å². The Morgan fingerprint density at radius 1 is 0.875 bits per heavy atom. The number of nitrogens with one attached hydrogen (secondary N) is 1. The third kappa shape index (κ3) is 11.0. The van der Waals surface area contributed by atoms with Crippen molar-refractivity contribution in [2.45, 2.75) is 71.2 Å². The van der Waals surface area contributed by atoms with Gasteiger partial charge in [-0.2, -0.15) is 0 Å². The van der Waals surface area contributed by atoms with E-state index in [2.05, 4.69) is 11.4 Å². The van der Waals surface area contributed by atoms with Crippen LogP contribution in [0, 0.1) is 0 Å². The fourth-order valence-corrected chi connectivity index (χ4v) is 5.60. The first-order chi connectivity index (χ1) is 19.1. The molecule has 3 aromatic rings. The zero-order chi connectivity index (χ0) is 29.0. The van der Waals surface area contributed by atoms with Gasteiger partial charge in [0.05, 0.1) is 6.54 Å². The van der Waals surface area contributed by atoms with Crippen molar-refractivity contribution in [1.82, 2.24) is 15.1 Å². The van der Waals surface area contributed by atoms with Gasteiger partial charge in [-0.15, -0.1) is 22.7 Å². The van der Waals surface area contributed by atoms with Crippen LogP contribution in [0.15, 0.2) is 65.4 Å². The number of carbonyl (C=O) groups is 3. The molecule has 2 aromatic heterocycles. The molecule has 0 aliphatic carbocycles. The molecular weight excluding hydrogens is 546 g/mol. The summed E-state index contributed by atoms with van der Waals surface area (Å²) in [4.78, 5) is 43.8. The van der Waals surface area contributed by atoms with Crippen LogP contribution in [0.3, 0.4) is 0 Å². The van der Waals surface area contributed by atoms with E-state index < -0.39 is 23.8 Å². The summed E-state index contributed by atoms with van der Waals surface area (Å²) in [5.74, 6) is -0.171. The van der Waals surface area contributed by atoms with Gasteiger partial charge in [-0.25, -0.2) is 9.59 Å². The van der Waals surface area contributed by atoms with Crippen LogP contribution >= 0.6 is 22.7 Å². The van der Waals surface area contributed by atoms with Crippen LogP contribution in [0.4, 0.5) is 9.59 Å². The van der Waals surface area contributed by atoms with Gasteiger partial charge in [0.15, 0.2) is 0 Å². The third-order valence-electron chi connectivity index (χ3n) is 6.09. The topological polar surface area (TPSA) is 99.2 Å². The Kier molecular flexibility index (Phi) is 12.0. The highest BCUT2D eigenvalue weighted by atomic mass is 32.1. The summed E-state index contributed by atoms with van der Waals surface area (Å²) >= 11 is 3.24. The first-order valence-corrected chi connectivity index (χ1v) is 15.2. The maximum absolute atomic E-state index is 13.9. The molecule has 2 heterocycles. The molecule has 0 saturated carbocycles. The Morgan fingerprint density at radius 3 is 2.15 bits per heavy atom. The number of hydrogen-bond donors (Lipinski definition) is 2. The number of unbranched alkanes of at least 4 members (excludes halogenated alkanes) is 1. The van der Waals surface area contributed by atoms with Crippen molar-refractivity contribution < 1.29 is 24.2 Å². The molecule has 10 heteroatoms. The number of ether oxygens (including phenoxy) is 1. The van der Waals surface area contributed by atoms with E-state index in [9.17, 15) is 19.5 Å². The molecular formula is C30H39N3O5S2. The Balaban J connectivity index is 1.67. The number of carboxylic acid groups (broad SMARTS) is 1. The minimum atomic E-state index is -0.987. The molecule has 3 rings (SSSR count). The molecule has 0 saturated heterocycles. The van der Waals surface area contributed by atoms with Crippen molar-refractivity contribution >= 4 is 40.8 Å². The maximum Gasteiger partial charge on any atom is 0.408 e. The normalized spacial score (nSPS) is 12.0. The second-order valence-corrected chi connectivity index (χ2v) is 12.6. The van der Waals surface area contributed by atoms with Crippen LogP contribution in [-0.4, -0.2) is 57.7 Å². The molecule has 216 valence electrons. The lowest BCUT2D eigenvalue weighted by molar-refractivity contribution is -0.134. The van der Waals surface area contributed by atoms with Gasteiger partial charge < -0.3 is 25.0 Å². The van der Waals surface area contributed by atoms with E-state index in [1.54, 1.807) is 48.3 Å². The molecule has 1 aromatic carbocycles. The number of benzene rings is 1. The first kappa shape index (κ1) is 31.2. The zero-order valence-corrected chi connectivity index (χ0v) is 25.0. The fourth-order valence-electron chi connectivity index (χ4n) is 4.18. The van der Waals surface area contributed by atoms with Crippen LogP contribution in [0.25, 0.3) is 0 Å². The van der Waals surface area contributed by atoms with E-state index in [0.29, 0.717) is 45.4 Å². The summed E-state index contributed by atoms with van der Waals surface area (Å²) in [7, 11) is 0. The molecule has 1 unspecified atom stereocenters. The molecule has 0 spiro atoms. The van der Waals surface area contributed by atoms with Crippen molar-refractivity contribution in [2.75, 3.05) is 13.1 Å². The van der Waals surface area contributed by atoms with Crippen LogP contribution < -0.4 is 5.32 Å². The lowest BCUT2D eigenvalue weighted by atomic mass is 10.1. The Morgan fingerprint density at radius 2 is 1.55 bits per heavy atom. The molecule has 1 atom stereocenters. The molecule has 40 heavy (non-hydrogen) atoms. The van der Waals surface area contributed by atoms with Crippen LogP contribution in [0.5, 0.6) is 0 Å². The smallest absolute Gasteiger partial charge is 0.408 e. The van der Waals surface area contributed by atoms with Gasteiger partial charge in [0.1, 0.15) is 11.6 Å². The lowest BCUT2D eigenvalue weighted by Gasteiger charge is -2.29. The molecule has 0 radical (unpaired) electrons. The summed E-state index contributed by atoms with van der Waals surface area (Å²) in [6.07, 6.45) is 0.579. The number of rotatable bonds is 14. The van der Waals surface area contributed by atoms with Gasteiger partial charge in [-0.1, -0.05) is 42.5 Å². The van der Waals surface area contributed by atoms with E-state index in [4.69, 9.17) is 4.74 Å². The highest BCUT2D eigenvalue weighted by molar-refractivity contribution is 7.10. The van der Waals surface area contributed by atoms with Gasteiger partial charge >= 0.3 is 12.2 Å². The minimum absolute atomic E-state index is 0.171. The van der Waals surface area contributed by atoms with Gasteiger partial charge in [0.25, 0.3) is 0 Å². The first-order valence-electron chi connectivity index (χ1n) is 13.5. The molecule has 0 bridgehead atoms. The Bertz CT molecular complexity index is 1180. The fraction of sp³-hybridized carbons (Fsp3) is 0.433. The third-order valence-corrected chi connectivity index (χ3v) is 7.89. The minimum Gasteiger partial charge on any atom is -0.465 e. The highest BCUT2D eigenvalue weighted by Crippen LogP contribution is 2.18. The van der Waals surface area contributed by atoms with Gasteiger partial charge in [0, 0.05) is 29.4 Å². The highest BCUT2D eigenvalue weighted by Gasteiger charge is 2.28. The predicted octanol–water partition coefficient (Wildman–Crippen LogP) is 6.62. The number of carbonyl (C=O) groups excluding carboxylic acids is 2. The molecule has 0 aliphatic heterocycles. The number of nitrogens with zero attached hydrogens (tertiary/aromatic N) is 2. The number of hydrogen-bond acceptors (Lipinski definition) is 6. The number of alkyl carbamates (subject to hydrolysis) is 1. The summed E-state index contributed by atoms with van der Waals surface area (Å²) in [6.45, 7) is 6.94. The van der Waals surface area contributed by atoms with Crippen molar-refractivity contribution in [3.05, 3.63) is 80.7 Å². The molecule has 0 aliphatic rings. The summed E-state index contributed by atoms with van der Waals surface area (Å²) in [5.41, 5.74) is 0.215. The SMILES string of the molecule is CC(C)(C)OC(=O)NC(CCCCN(Cc1ccccc1)C(=O)O)C(=O)N(CCc1cccs1)Cc1cccs1. The van der Waals surface area contributed by atoms with Crippen LogP contribution in [-0.2, 0) is 29.0 Å². The van der Waals surface area contributed by atoms with Crippen molar-refractivity contribution in [1.29, 1.82) is 0 Å². The average molecular weight is 586 g/mol. The maximum atomic E-state index is 13.9. The number of thiophene rings is 2. The second kappa shape index (κ2) is 15.4. The molecule has 8 nitrogen and oxygen atoms in total. The van der Waals surface area contributed by atoms with E-state index >= 15 is 0 Å². The zero-order valence-electron chi connectivity index (χ0n) is 23.4. The van der Waals surface area contributed by atoms with Crippen LogP contribution in [0.1, 0.15) is 55.4 Å². The summed E-state index contributed by atoms with van der Waals surface area (Å²) in [6, 6.07) is 16.7. The number of amides is 3. The molecule has 2 N–H and O–H groups in total. The predicted molar refractivity (Wildman–Crippen MR) is 160 cm³/mol. The standard InChI is InChI=1S/C30H39N3O5S2/c1-30(2,3)38-28(35)31-26(15-7-8-17-33(29(36)37)21-23-11-5-4-6-12-23)27(34)32(22-25-14-10-20-40-25)18-16-24-13-9-19-39-24/h4-6,9-14,19-20,26H,7-8,15-18,21-22H2,1-3H3,(H,31,35)(H,36,37). The quantitative estimate of drug-likeness (QED) is 0.207. The van der Waals surface area contributed by atoms with Gasteiger partial charge in [-0.3, -0.25) is 4.79 Å². The van der Waals surface area contributed by atoms with E-state index in [1.165, 1.54) is 9.78 Å². The van der Waals surface area contributed by atoms with Gasteiger partial charge in [-0.05, 0) is 74.9 Å². The summed E-state index contributed by atoms with van der Waals surface area (Å²) in [5, 5.41) is 16.5. The van der Waals surface area contributed by atoms with E-state index in [1.807, 2.05) is 59.3 Å². The Hall–Kier alpha value is -3.37. The molecule has 0 fully saturated rings. The van der Waals surface area contributed by atoms with E-state index in [0.717, 1.165) is 16.9 Å².